The zero-order chi connectivity index (χ0) is 24.4. The molecular formula is C21H24N2O10. The maximum atomic E-state index is 12.7. The summed E-state index contributed by atoms with van der Waals surface area (Å²) in [5.74, 6) is -1.96. The third-order valence-electron chi connectivity index (χ3n) is 4.21. The summed E-state index contributed by atoms with van der Waals surface area (Å²) in [6.07, 6.45) is 0. The number of benzene rings is 1. The van der Waals surface area contributed by atoms with Gasteiger partial charge in [0.1, 0.15) is 17.0 Å². The van der Waals surface area contributed by atoms with Crippen LogP contribution in [-0.4, -0.2) is 62.2 Å². The lowest BCUT2D eigenvalue weighted by Crippen LogP contribution is -2.27. The number of esters is 2. The number of nitrogens with one attached hydrogen (secondary N) is 1. The molecule has 33 heavy (non-hydrogen) atoms. The molecule has 2 rings (SSSR count). The average molecular weight is 464 g/mol. The maximum Gasteiger partial charge on any atom is 0.346 e. The Morgan fingerprint density at radius 2 is 1.61 bits per heavy atom. The van der Waals surface area contributed by atoms with Crippen molar-refractivity contribution in [2.24, 2.45) is 0 Å². The number of methoxy groups -OCH3 is 1. The van der Waals surface area contributed by atoms with Crippen molar-refractivity contribution in [3.63, 3.8) is 0 Å². The summed E-state index contributed by atoms with van der Waals surface area (Å²) in [6.45, 7) is 3.45. The minimum absolute atomic E-state index is 0.0407. The Bertz CT molecular complexity index is 1050. The van der Waals surface area contributed by atoms with E-state index in [9.17, 15) is 24.5 Å². The number of ether oxygens (including phenoxy) is 5. The van der Waals surface area contributed by atoms with Crippen LogP contribution >= 0.6 is 0 Å². The lowest BCUT2D eigenvalue weighted by atomic mass is 10.0. The van der Waals surface area contributed by atoms with Gasteiger partial charge in [0, 0.05) is 12.7 Å². The summed E-state index contributed by atoms with van der Waals surface area (Å²) in [7, 11) is 1.54. The number of aromatic nitrogens is 1. The molecule has 0 amide bonds. The highest BCUT2D eigenvalue weighted by molar-refractivity contribution is 6.07. The molecule has 0 spiro atoms. The number of hydrogen-bond donors (Lipinski definition) is 1. The molecule has 0 aliphatic rings. The molecule has 0 bridgehead atoms. The molecule has 12 nitrogen and oxygen atoms in total. The van der Waals surface area contributed by atoms with Gasteiger partial charge in [-0.15, -0.1) is 0 Å². The van der Waals surface area contributed by atoms with Crippen LogP contribution in [0.3, 0.4) is 0 Å². The molecule has 0 aliphatic carbocycles. The average Bonchev–Trinajstić information content (AvgIpc) is 2.78. The quantitative estimate of drug-likeness (QED) is 0.162. The summed E-state index contributed by atoms with van der Waals surface area (Å²) in [4.78, 5) is 51.0. The molecule has 1 aromatic carbocycles. The fourth-order valence-corrected chi connectivity index (χ4v) is 2.81. The first-order valence-corrected chi connectivity index (χ1v) is 9.94. The van der Waals surface area contributed by atoms with Crippen molar-refractivity contribution in [1.29, 1.82) is 0 Å². The molecule has 0 aliphatic heterocycles. The fraction of sp³-hybridized carbons (Fsp3) is 0.381. The largest absolute Gasteiger partial charge is 0.468 e. The Labute approximate surface area is 188 Å². The fourth-order valence-electron chi connectivity index (χ4n) is 2.81. The lowest BCUT2D eigenvalue weighted by molar-refractivity contribution is -0.384. The molecule has 0 atom stereocenters. The number of carbonyl (C=O) groups excluding carboxylic acids is 2. The van der Waals surface area contributed by atoms with E-state index in [1.807, 2.05) is 0 Å². The first-order valence-electron chi connectivity index (χ1n) is 9.94. The van der Waals surface area contributed by atoms with E-state index in [1.54, 1.807) is 7.11 Å². The summed E-state index contributed by atoms with van der Waals surface area (Å²) in [5, 5.41) is 11.9. The summed E-state index contributed by atoms with van der Waals surface area (Å²) >= 11 is 0. The van der Waals surface area contributed by atoms with Gasteiger partial charge in [0.15, 0.2) is 12.4 Å². The second-order valence-electron chi connectivity index (χ2n) is 6.31. The summed E-state index contributed by atoms with van der Waals surface area (Å²) in [6, 6.07) is 5.89. The number of hydrogen-bond acceptors (Lipinski definition) is 10. The summed E-state index contributed by atoms with van der Waals surface area (Å²) in [5.41, 5.74) is -3.45. The summed E-state index contributed by atoms with van der Waals surface area (Å²) < 4.78 is 25.1. The van der Waals surface area contributed by atoms with Crippen molar-refractivity contribution in [1.82, 2.24) is 4.98 Å². The normalized spacial score (nSPS) is 10.5. The van der Waals surface area contributed by atoms with Gasteiger partial charge in [0.25, 0.3) is 5.56 Å². The Morgan fingerprint density at radius 3 is 2.15 bits per heavy atom. The number of carbonyl (C=O) groups is 2. The smallest absolute Gasteiger partial charge is 0.346 e. The minimum atomic E-state index is -1.19. The van der Waals surface area contributed by atoms with Gasteiger partial charge in [-0.1, -0.05) is 0 Å². The van der Waals surface area contributed by atoms with E-state index in [4.69, 9.17) is 23.7 Å². The number of aromatic amines is 1. The van der Waals surface area contributed by atoms with E-state index < -0.39 is 39.2 Å². The van der Waals surface area contributed by atoms with Crippen LogP contribution in [0.15, 0.2) is 29.1 Å². The molecule has 1 N–H and O–H groups in total. The van der Waals surface area contributed by atoms with E-state index in [0.29, 0.717) is 19.0 Å². The number of rotatable bonds is 12. The molecular weight excluding hydrogens is 440 g/mol. The van der Waals surface area contributed by atoms with Crippen molar-refractivity contribution in [3.05, 3.63) is 55.9 Å². The van der Waals surface area contributed by atoms with Gasteiger partial charge in [-0.05, 0) is 38.1 Å². The molecule has 0 radical (unpaired) electrons. The molecule has 2 aromatic rings. The second kappa shape index (κ2) is 12.3. The highest BCUT2D eigenvalue weighted by Gasteiger charge is 2.36. The predicted molar refractivity (Wildman–Crippen MR) is 114 cm³/mol. The molecule has 0 unspecified atom stereocenters. The lowest BCUT2D eigenvalue weighted by Gasteiger charge is -2.12. The highest BCUT2D eigenvalue weighted by atomic mass is 16.7. The monoisotopic (exact) mass is 464 g/mol. The molecule has 178 valence electrons. The van der Waals surface area contributed by atoms with Gasteiger partial charge in [-0.3, -0.25) is 14.9 Å². The highest BCUT2D eigenvalue weighted by Crippen LogP contribution is 2.33. The van der Waals surface area contributed by atoms with Crippen molar-refractivity contribution in [3.8, 4) is 17.0 Å². The molecule has 0 fully saturated rings. The third kappa shape index (κ3) is 6.37. The van der Waals surface area contributed by atoms with Crippen LogP contribution in [-0.2, 0) is 18.9 Å². The Hall–Kier alpha value is -3.77. The van der Waals surface area contributed by atoms with Gasteiger partial charge in [0.2, 0.25) is 0 Å². The van der Waals surface area contributed by atoms with Crippen molar-refractivity contribution >= 4 is 17.6 Å². The minimum Gasteiger partial charge on any atom is -0.468 e. The van der Waals surface area contributed by atoms with Gasteiger partial charge in [0.05, 0.1) is 31.4 Å². The number of nitrogens with zero attached hydrogens (tertiary/aromatic N) is 1. The van der Waals surface area contributed by atoms with Crippen LogP contribution in [0, 0.1) is 10.1 Å². The van der Waals surface area contributed by atoms with Crippen LogP contribution in [0.4, 0.5) is 5.69 Å². The van der Waals surface area contributed by atoms with Gasteiger partial charge >= 0.3 is 17.6 Å². The third-order valence-corrected chi connectivity index (χ3v) is 4.21. The second-order valence-corrected chi connectivity index (χ2v) is 6.31. The Morgan fingerprint density at radius 1 is 1.00 bits per heavy atom. The number of pyridine rings is 1. The van der Waals surface area contributed by atoms with E-state index in [1.165, 1.54) is 38.1 Å². The van der Waals surface area contributed by atoms with Gasteiger partial charge in [-0.25, -0.2) is 9.59 Å². The van der Waals surface area contributed by atoms with E-state index in [0.717, 1.165) is 0 Å². The Balaban J connectivity index is 2.53. The number of H-pyrrole nitrogens is 1. The first-order chi connectivity index (χ1) is 15.8. The van der Waals surface area contributed by atoms with Crippen molar-refractivity contribution < 1.29 is 38.2 Å². The van der Waals surface area contributed by atoms with E-state index in [-0.39, 0.29) is 31.3 Å². The van der Waals surface area contributed by atoms with E-state index >= 15 is 0 Å². The maximum absolute atomic E-state index is 12.7. The van der Waals surface area contributed by atoms with Crippen molar-refractivity contribution in [2.75, 3.05) is 40.3 Å². The van der Waals surface area contributed by atoms with Crippen LogP contribution in [0.25, 0.3) is 11.3 Å². The Kier molecular flexibility index (Phi) is 9.51. The standard InChI is InChI=1S/C21H24N2O10/c1-4-31-20(25)15-16(21(26)32-5-2)19(24)22-17(18(15)23(27)28)13-6-8-14(9-7-13)33-12-30-11-10-29-3/h6-9H,4-5,10-12H2,1-3H3,(H,22,24). The predicted octanol–water partition coefficient (Wildman–Crippen LogP) is 2.30. The van der Waals surface area contributed by atoms with Gasteiger partial charge in [-0.2, -0.15) is 0 Å². The van der Waals surface area contributed by atoms with Crippen LogP contribution in [0.2, 0.25) is 0 Å². The van der Waals surface area contributed by atoms with Crippen LogP contribution in [0.1, 0.15) is 34.6 Å². The van der Waals surface area contributed by atoms with Crippen LogP contribution in [0.5, 0.6) is 5.75 Å². The number of nitro groups is 1. The zero-order valence-corrected chi connectivity index (χ0v) is 18.4. The SMILES string of the molecule is CCOC(=O)c1c([N+](=O)[O-])c(-c2ccc(OCOCCOC)cc2)[nH]c(=O)c1C(=O)OCC. The molecule has 0 saturated carbocycles. The van der Waals surface area contributed by atoms with Crippen LogP contribution < -0.4 is 10.3 Å². The molecule has 1 heterocycles. The zero-order valence-electron chi connectivity index (χ0n) is 18.4. The van der Waals surface area contributed by atoms with Gasteiger partial charge < -0.3 is 28.7 Å². The molecule has 0 saturated heterocycles. The topological polar surface area (TPSA) is 156 Å². The first kappa shape index (κ1) is 25.5. The van der Waals surface area contributed by atoms with Crippen molar-refractivity contribution in [2.45, 2.75) is 13.8 Å². The van der Waals surface area contributed by atoms with E-state index in [2.05, 4.69) is 4.98 Å². The molecule has 1 aromatic heterocycles. The molecule has 12 heteroatoms.